The fraction of sp³-hybridized carbons (Fsp3) is 0.500. The van der Waals surface area contributed by atoms with Gasteiger partial charge in [-0.2, -0.15) is 0 Å². The summed E-state index contributed by atoms with van der Waals surface area (Å²) in [7, 11) is -1.12. The zero-order valence-electron chi connectivity index (χ0n) is 12.2. The maximum absolute atomic E-state index is 11.9. The number of carboxylic acid groups (broad SMARTS) is 1. The minimum absolute atomic E-state index is 0.262. The monoisotopic (exact) mass is 318 g/mol. The van der Waals surface area contributed by atoms with Gasteiger partial charge in [-0.15, -0.1) is 0 Å². The van der Waals surface area contributed by atoms with E-state index in [9.17, 15) is 18.0 Å². The molecular formula is C12H18N2O6S. The third-order valence-corrected chi connectivity index (χ3v) is 4.45. The molecule has 21 heavy (non-hydrogen) atoms. The molecule has 0 saturated heterocycles. The third-order valence-electron chi connectivity index (χ3n) is 2.76. The quantitative estimate of drug-likeness (QED) is 0.782. The summed E-state index contributed by atoms with van der Waals surface area (Å²) in [6.07, 6.45) is 0. The summed E-state index contributed by atoms with van der Waals surface area (Å²) in [6.45, 7) is 3.28. The number of aliphatic carboxylic acids is 1. The first-order valence-corrected chi connectivity index (χ1v) is 7.57. The Kier molecular flexibility index (Phi) is 5.13. The van der Waals surface area contributed by atoms with E-state index >= 15 is 0 Å². The Bertz CT molecular complexity index is 632. The fourth-order valence-electron chi connectivity index (χ4n) is 1.49. The standard InChI is InChI=1S/C12H18N2O6S/c1-7(2)10(12(16)17)13-11(15)8-5-6-9(20-8)21(18,19)14(3)4/h5-7,10H,1-4H3,(H,13,15)(H,16,17)/t10-/m0/s1. The van der Waals surface area contributed by atoms with Gasteiger partial charge in [-0.25, -0.2) is 17.5 Å². The van der Waals surface area contributed by atoms with E-state index in [1.54, 1.807) is 13.8 Å². The van der Waals surface area contributed by atoms with Gasteiger partial charge in [0.1, 0.15) is 6.04 Å². The number of carbonyl (C=O) groups excluding carboxylic acids is 1. The summed E-state index contributed by atoms with van der Waals surface area (Å²) >= 11 is 0. The molecule has 0 radical (unpaired) electrons. The van der Waals surface area contributed by atoms with Gasteiger partial charge in [-0.05, 0) is 18.1 Å². The molecule has 0 fully saturated rings. The Hall–Kier alpha value is -1.87. The second-order valence-corrected chi connectivity index (χ2v) is 7.02. The number of carboxylic acids is 1. The van der Waals surface area contributed by atoms with Crippen LogP contribution in [-0.4, -0.2) is 49.8 Å². The van der Waals surface area contributed by atoms with Crippen molar-refractivity contribution in [3.63, 3.8) is 0 Å². The predicted octanol–water partition coefficient (Wildman–Crippen LogP) is 0.369. The third kappa shape index (κ3) is 3.82. The Labute approximate surface area is 122 Å². The van der Waals surface area contributed by atoms with E-state index < -0.39 is 27.9 Å². The first-order chi connectivity index (χ1) is 9.57. The molecule has 9 heteroatoms. The van der Waals surface area contributed by atoms with E-state index in [0.29, 0.717) is 0 Å². The normalized spacial score (nSPS) is 13.4. The van der Waals surface area contributed by atoms with Crippen LogP contribution in [0.2, 0.25) is 0 Å². The zero-order chi connectivity index (χ0) is 16.4. The lowest BCUT2D eigenvalue weighted by atomic mass is 10.0. The van der Waals surface area contributed by atoms with Gasteiger partial charge in [0.25, 0.3) is 15.9 Å². The number of hydrogen-bond donors (Lipinski definition) is 2. The number of nitrogens with zero attached hydrogens (tertiary/aromatic N) is 1. The molecule has 0 aromatic carbocycles. The van der Waals surface area contributed by atoms with Crippen LogP contribution in [0.3, 0.4) is 0 Å². The maximum Gasteiger partial charge on any atom is 0.326 e. The van der Waals surface area contributed by atoms with Crippen molar-refractivity contribution in [2.45, 2.75) is 25.0 Å². The second-order valence-electron chi connectivity index (χ2n) is 4.94. The van der Waals surface area contributed by atoms with Gasteiger partial charge in [0.2, 0.25) is 5.09 Å². The average Bonchev–Trinajstić information content (AvgIpc) is 2.84. The van der Waals surface area contributed by atoms with Crippen molar-refractivity contribution in [3.8, 4) is 0 Å². The first kappa shape index (κ1) is 17.2. The molecule has 1 aromatic rings. The zero-order valence-corrected chi connectivity index (χ0v) is 13.0. The summed E-state index contributed by atoms with van der Waals surface area (Å²) in [5.74, 6) is -2.55. The number of carbonyl (C=O) groups is 2. The Morgan fingerprint density at radius 1 is 1.29 bits per heavy atom. The van der Waals surface area contributed by atoms with Crippen LogP contribution < -0.4 is 5.32 Å². The van der Waals surface area contributed by atoms with Crippen molar-refractivity contribution in [3.05, 3.63) is 17.9 Å². The molecule has 1 aromatic heterocycles. The molecule has 0 spiro atoms. The van der Waals surface area contributed by atoms with E-state index in [1.165, 1.54) is 20.2 Å². The molecule has 0 aliphatic heterocycles. The van der Waals surface area contributed by atoms with Crippen molar-refractivity contribution in [2.75, 3.05) is 14.1 Å². The number of amides is 1. The molecule has 0 bridgehead atoms. The Morgan fingerprint density at radius 3 is 2.29 bits per heavy atom. The van der Waals surface area contributed by atoms with E-state index in [4.69, 9.17) is 9.52 Å². The van der Waals surface area contributed by atoms with Gasteiger partial charge in [0.05, 0.1) is 0 Å². The Morgan fingerprint density at radius 2 is 1.86 bits per heavy atom. The number of furan rings is 1. The summed E-state index contributed by atoms with van der Waals surface area (Å²) in [4.78, 5) is 22.9. The van der Waals surface area contributed by atoms with Crippen molar-refractivity contribution >= 4 is 21.9 Å². The van der Waals surface area contributed by atoms with Gasteiger partial charge in [-0.3, -0.25) is 4.79 Å². The van der Waals surface area contributed by atoms with Gasteiger partial charge >= 0.3 is 5.97 Å². The highest BCUT2D eigenvalue weighted by Gasteiger charge is 2.27. The molecule has 1 heterocycles. The number of rotatable bonds is 6. The molecule has 118 valence electrons. The van der Waals surface area contributed by atoms with Crippen molar-refractivity contribution in [2.24, 2.45) is 5.92 Å². The molecule has 0 unspecified atom stereocenters. The van der Waals surface area contributed by atoms with Crippen LogP contribution in [0.25, 0.3) is 0 Å². The highest BCUT2D eigenvalue weighted by atomic mass is 32.2. The lowest BCUT2D eigenvalue weighted by Crippen LogP contribution is -2.44. The van der Waals surface area contributed by atoms with E-state index in [0.717, 1.165) is 10.4 Å². The van der Waals surface area contributed by atoms with Crippen LogP contribution in [-0.2, 0) is 14.8 Å². The SMILES string of the molecule is CC(C)[C@H](NC(=O)c1ccc(S(=O)(=O)N(C)C)o1)C(=O)O. The predicted molar refractivity (Wildman–Crippen MR) is 73.3 cm³/mol. The molecule has 0 aliphatic rings. The Balaban J connectivity index is 2.96. The molecule has 8 nitrogen and oxygen atoms in total. The lowest BCUT2D eigenvalue weighted by Gasteiger charge is -2.16. The minimum atomic E-state index is -3.78. The second kappa shape index (κ2) is 6.27. The van der Waals surface area contributed by atoms with Crippen molar-refractivity contribution in [1.29, 1.82) is 0 Å². The van der Waals surface area contributed by atoms with Crippen LogP contribution in [0.4, 0.5) is 0 Å². The highest BCUT2D eigenvalue weighted by Crippen LogP contribution is 2.17. The molecule has 1 amide bonds. The van der Waals surface area contributed by atoms with Crippen LogP contribution >= 0.6 is 0 Å². The molecule has 2 N–H and O–H groups in total. The van der Waals surface area contributed by atoms with Crippen LogP contribution in [0.1, 0.15) is 24.4 Å². The maximum atomic E-state index is 11.9. The van der Waals surface area contributed by atoms with Gasteiger partial charge in [-0.1, -0.05) is 13.8 Å². The molecule has 1 atom stereocenters. The average molecular weight is 318 g/mol. The summed E-state index contributed by atoms with van der Waals surface area (Å²) < 4.78 is 29.6. The van der Waals surface area contributed by atoms with E-state index in [-0.39, 0.29) is 16.8 Å². The van der Waals surface area contributed by atoms with Crippen molar-refractivity contribution in [1.82, 2.24) is 9.62 Å². The topological polar surface area (TPSA) is 117 Å². The first-order valence-electron chi connectivity index (χ1n) is 6.13. The van der Waals surface area contributed by atoms with E-state index in [1.807, 2.05) is 0 Å². The van der Waals surface area contributed by atoms with E-state index in [2.05, 4.69) is 5.32 Å². The lowest BCUT2D eigenvalue weighted by molar-refractivity contribution is -0.140. The number of hydrogen-bond acceptors (Lipinski definition) is 5. The van der Waals surface area contributed by atoms with Gasteiger partial charge < -0.3 is 14.8 Å². The van der Waals surface area contributed by atoms with Gasteiger partial charge in [0, 0.05) is 14.1 Å². The summed E-state index contributed by atoms with van der Waals surface area (Å²) in [6, 6.07) is 1.25. The number of nitrogens with one attached hydrogen (secondary N) is 1. The largest absolute Gasteiger partial charge is 0.480 e. The molecule has 1 rings (SSSR count). The summed E-state index contributed by atoms with van der Waals surface area (Å²) in [5.41, 5.74) is 0. The number of sulfonamides is 1. The molecular weight excluding hydrogens is 300 g/mol. The minimum Gasteiger partial charge on any atom is -0.480 e. The molecule has 0 saturated carbocycles. The molecule has 0 aliphatic carbocycles. The summed E-state index contributed by atoms with van der Waals surface area (Å²) in [5, 5.41) is 10.9. The van der Waals surface area contributed by atoms with Crippen LogP contribution in [0.15, 0.2) is 21.6 Å². The van der Waals surface area contributed by atoms with Gasteiger partial charge in [0.15, 0.2) is 5.76 Å². The highest BCUT2D eigenvalue weighted by molar-refractivity contribution is 7.88. The van der Waals surface area contributed by atoms with Crippen LogP contribution in [0, 0.1) is 5.92 Å². The van der Waals surface area contributed by atoms with Crippen LogP contribution in [0.5, 0.6) is 0 Å². The smallest absolute Gasteiger partial charge is 0.326 e. The van der Waals surface area contributed by atoms with Crippen molar-refractivity contribution < 1.29 is 27.5 Å². The fourth-order valence-corrected chi connectivity index (χ4v) is 2.28.